The highest BCUT2D eigenvalue weighted by Gasteiger charge is 2.33. The van der Waals surface area contributed by atoms with Gasteiger partial charge >= 0.3 is 11.9 Å². The summed E-state index contributed by atoms with van der Waals surface area (Å²) in [6.45, 7) is 0. The van der Waals surface area contributed by atoms with Crippen molar-refractivity contribution < 1.29 is 19.2 Å². The molecule has 0 spiro atoms. The van der Waals surface area contributed by atoms with Gasteiger partial charge in [0.25, 0.3) is 0 Å². The first kappa shape index (κ1) is 7.17. The molecule has 10 heavy (non-hydrogen) atoms. The topological polar surface area (TPSA) is 64.6 Å². The summed E-state index contributed by atoms with van der Waals surface area (Å²) in [6.07, 6.45) is 0.0483. The summed E-state index contributed by atoms with van der Waals surface area (Å²) in [4.78, 5) is 25.4. The molecule has 5 nitrogen and oxygen atoms in total. The summed E-state index contributed by atoms with van der Waals surface area (Å²) in [5.41, 5.74) is 2.33. The van der Waals surface area contributed by atoms with Gasteiger partial charge in [0.05, 0.1) is 13.5 Å². The number of esters is 2. The third-order valence-electron chi connectivity index (χ3n) is 1.13. The van der Waals surface area contributed by atoms with E-state index in [1.165, 1.54) is 7.11 Å². The lowest BCUT2D eigenvalue weighted by molar-refractivity contribution is -0.153. The standard InChI is InChI=1S/C5H7NO4/c1-9-6-3-2-4(7)10-5(3)8/h3,6H,2H2,1H3/t3-/m0/s1. The van der Waals surface area contributed by atoms with E-state index < -0.39 is 18.0 Å². The zero-order valence-corrected chi connectivity index (χ0v) is 5.42. The van der Waals surface area contributed by atoms with Crippen molar-refractivity contribution in [3.05, 3.63) is 0 Å². The fourth-order valence-electron chi connectivity index (χ4n) is 0.707. The number of hydrogen-bond acceptors (Lipinski definition) is 5. The molecule has 5 heteroatoms. The van der Waals surface area contributed by atoms with E-state index in [9.17, 15) is 9.59 Å². The number of hydrogen-bond donors (Lipinski definition) is 1. The zero-order chi connectivity index (χ0) is 7.56. The lowest BCUT2D eigenvalue weighted by atomic mass is 10.3. The van der Waals surface area contributed by atoms with Crippen LogP contribution in [0.25, 0.3) is 0 Å². The molecule has 0 radical (unpaired) electrons. The van der Waals surface area contributed by atoms with Gasteiger partial charge in [0.2, 0.25) is 0 Å². The molecule has 0 aromatic carbocycles. The Labute approximate surface area is 57.2 Å². The number of hydroxylamine groups is 1. The van der Waals surface area contributed by atoms with Crippen LogP contribution in [0, 0.1) is 0 Å². The summed E-state index contributed by atoms with van der Waals surface area (Å²) in [6, 6.07) is -0.627. The minimum absolute atomic E-state index is 0.0483. The molecular weight excluding hydrogens is 138 g/mol. The van der Waals surface area contributed by atoms with Crippen molar-refractivity contribution in [2.75, 3.05) is 7.11 Å². The molecule has 0 amide bonds. The van der Waals surface area contributed by atoms with Gasteiger partial charge in [-0.1, -0.05) is 0 Å². The van der Waals surface area contributed by atoms with Gasteiger partial charge in [-0.05, 0) is 0 Å². The van der Waals surface area contributed by atoms with E-state index in [1.807, 2.05) is 0 Å². The maximum absolute atomic E-state index is 10.6. The Morgan fingerprint density at radius 2 is 2.40 bits per heavy atom. The number of carbonyl (C=O) groups excluding carboxylic acids is 2. The predicted octanol–water partition coefficient (Wildman–Crippen LogP) is -1.02. The predicted molar refractivity (Wildman–Crippen MR) is 29.6 cm³/mol. The van der Waals surface area contributed by atoms with E-state index in [4.69, 9.17) is 0 Å². The van der Waals surface area contributed by atoms with E-state index in [-0.39, 0.29) is 6.42 Å². The Bertz CT molecular complexity index is 167. The average molecular weight is 145 g/mol. The van der Waals surface area contributed by atoms with Crippen LogP contribution in [0.1, 0.15) is 6.42 Å². The monoisotopic (exact) mass is 145 g/mol. The highest BCUT2D eigenvalue weighted by atomic mass is 16.6. The first-order valence-corrected chi connectivity index (χ1v) is 2.77. The zero-order valence-electron chi connectivity index (χ0n) is 5.42. The highest BCUT2D eigenvalue weighted by Crippen LogP contribution is 2.06. The van der Waals surface area contributed by atoms with E-state index in [2.05, 4.69) is 15.1 Å². The van der Waals surface area contributed by atoms with Crippen LogP contribution in [0.3, 0.4) is 0 Å². The normalized spacial score (nSPS) is 25.1. The number of rotatable bonds is 2. The van der Waals surface area contributed by atoms with E-state index >= 15 is 0 Å². The molecule has 1 atom stereocenters. The Morgan fingerprint density at radius 1 is 1.70 bits per heavy atom. The van der Waals surface area contributed by atoms with Crippen molar-refractivity contribution >= 4 is 11.9 Å². The van der Waals surface area contributed by atoms with Crippen LogP contribution >= 0.6 is 0 Å². The summed E-state index contributed by atoms with van der Waals surface area (Å²) < 4.78 is 4.21. The molecule has 1 aliphatic heterocycles. The molecule has 1 rings (SSSR count). The molecular formula is C5H7NO4. The third-order valence-corrected chi connectivity index (χ3v) is 1.13. The fourth-order valence-corrected chi connectivity index (χ4v) is 0.707. The highest BCUT2D eigenvalue weighted by molar-refractivity contribution is 5.96. The Morgan fingerprint density at radius 3 is 2.80 bits per heavy atom. The smallest absolute Gasteiger partial charge is 0.333 e. The largest absolute Gasteiger partial charge is 0.392 e. The molecule has 56 valence electrons. The van der Waals surface area contributed by atoms with E-state index in [0.717, 1.165) is 0 Å². The Balaban J connectivity index is 2.46. The van der Waals surface area contributed by atoms with Crippen LogP contribution in [0.15, 0.2) is 0 Å². The van der Waals surface area contributed by atoms with E-state index in [0.29, 0.717) is 0 Å². The third kappa shape index (κ3) is 1.31. The van der Waals surface area contributed by atoms with Crippen molar-refractivity contribution in [1.82, 2.24) is 5.48 Å². The number of nitrogens with one attached hydrogen (secondary N) is 1. The summed E-state index contributed by atoms with van der Waals surface area (Å²) in [7, 11) is 1.37. The van der Waals surface area contributed by atoms with Crippen LogP contribution in [0.4, 0.5) is 0 Å². The quantitative estimate of drug-likeness (QED) is 0.306. The fraction of sp³-hybridized carbons (Fsp3) is 0.600. The van der Waals surface area contributed by atoms with Crippen molar-refractivity contribution in [2.45, 2.75) is 12.5 Å². The number of cyclic esters (lactones) is 2. The molecule has 1 fully saturated rings. The lowest BCUT2D eigenvalue weighted by Crippen LogP contribution is -2.31. The summed E-state index contributed by atoms with van der Waals surface area (Å²) >= 11 is 0. The maximum Gasteiger partial charge on any atom is 0.333 e. The molecule has 0 aromatic rings. The van der Waals surface area contributed by atoms with Crippen LogP contribution in [0.2, 0.25) is 0 Å². The minimum atomic E-state index is -0.627. The SMILES string of the molecule is CON[C@H]1CC(=O)OC1=O. The molecule has 0 aromatic heterocycles. The average Bonchev–Trinajstić information content (AvgIpc) is 2.13. The van der Waals surface area contributed by atoms with Crippen LogP contribution in [-0.4, -0.2) is 25.1 Å². The van der Waals surface area contributed by atoms with Gasteiger partial charge in [0.15, 0.2) is 0 Å². The van der Waals surface area contributed by atoms with Gasteiger partial charge in [0.1, 0.15) is 6.04 Å². The first-order chi connectivity index (χ1) is 4.74. The second-order valence-electron chi connectivity index (χ2n) is 1.87. The molecule has 1 heterocycles. The number of ether oxygens (including phenoxy) is 1. The molecule has 0 aliphatic carbocycles. The molecule has 1 aliphatic rings. The number of carbonyl (C=O) groups is 2. The summed E-state index contributed by atoms with van der Waals surface area (Å²) in [5, 5.41) is 0. The summed E-state index contributed by atoms with van der Waals surface area (Å²) in [5.74, 6) is -1.09. The van der Waals surface area contributed by atoms with Crippen LogP contribution < -0.4 is 5.48 Å². The Kier molecular flexibility index (Phi) is 1.98. The van der Waals surface area contributed by atoms with Gasteiger partial charge in [0, 0.05) is 0 Å². The molecule has 1 saturated heterocycles. The molecule has 0 saturated carbocycles. The van der Waals surface area contributed by atoms with E-state index in [1.54, 1.807) is 0 Å². The van der Waals surface area contributed by atoms with Crippen molar-refractivity contribution in [3.63, 3.8) is 0 Å². The minimum Gasteiger partial charge on any atom is -0.392 e. The van der Waals surface area contributed by atoms with Crippen LogP contribution in [0.5, 0.6) is 0 Å². The van der Waals surface area contributed by atoms with Crippen LogP contribution in [-0.2, 0) is 19.2 Å². The van der Waals surface area contributed by atoms with Gasteiger partial charge in [-0.25, -0.2) is 4.79 Å². The molecule has 0 unspecified atom stereocenters. The molecule has 1 N–H and O–H groups in total. The second kappa shape index (κ2) is 2.76. The second-order valence-corrected chi connectivity index (χ2v) is 1.87. The van der Waals surface area contributed by atoms with Gasteiger partial charge in [-0.2, -0.15) is 5.48 Å². The lowest BCUT2D eigenvalue weighted by Gasteiger charge is -2.02. The van der Waals surface area contributed by atoms with Gasteiger partial charge in [-0.15, -0.1) is 0 Å². The van der Waals surface area contributed by atoms with Crippen molar-refractivity contribution in [1.29, 1.82) is 0 Å². The molecule has 0 bridgehead atoms. The van der Waals surface area contributed by atoms with Crippen molar-refractivity contribution in [3.8, 4) is 0 Å². The Hall–Kier alpha value is -0.940. The maximum atomic E-state index is 10.6. The van der Waals surface area contributed by atoms with Crippen molar-refractivity contribution in [2.24, 2.45) is 0 Å². The van der Waals surface area contributed by atoms with Gasteiger partial charge in [-0.3, -0.25) is 4.79 Å². The van der Waals surface area contributed by atoms with Gasteiger partial charge < -0.3 is 9.57 Å². The first-order valence-electron chi connectivity index (χ1n) is 2.77.